The fraction of sp³-hybridized carbons (Fsp3) is 0.172. The van der Waals surface area contributed by atoms with Crippen molar-refractivity contribution in [1.29, 1.82) is 0 Å². The van der Waals surface area contributed by atoms with Gasteiger partial charge in [0.2, 0.25) is 11.2 Å². The molecule has 1 atom stereocenters. The molecule has 3 aromatic carbocycles. The maximum absolute atomic E-state index is 13.8. The van der Waals surface area contributed by atoms with Crippen LogP contribution in [0.25, 0.3) is 0 Å². The summed E-state index contributed by atoms with van der Waals surface area (Å²) in [4.78, 5) is 34.0. The summed E-state index contributed by atoms with van der Waals surface area (Å²) in [5, 5.41) is 20.2. The van der Waals surface area contributed by atoms with Crippen LogP contribution < -0.4 is 20.0 Å². The van der Waals surface area contributed by atoms with E-state index in [1.807, 2.05) is 19.1 Å². The van der Waals surface area contributed by atoms with Crippen LogP contribution in [0, 0.1) is 6.92 Å². The summed E-state index contributed by atoms with van der Waals surface area (Å²) >= 11 is 11.7. The number of hydrogen-bond donors (Lipinski definition) is 1. The number of nitrogens with one attached hydrogen (secondary N) is 1. The number of carbonyl (C=O) groups excluding carboxylic acids is 2. The molecule has 1 aromatic heterocycles. The molecule has 1 unspecified atom stereocenters. The first kappa shape index (κ1) is 27.9. The zero-order chi connectivity index (χ0) is 29.1. The van der Waals surface area contributed by atoms with E-state index >= 15 is 0 Å². The number of aliphatic imine (C=N–C) groups is 1. The standard InChI is InChI=1S/C29H25ClN6O4S/c1-18-8-14-22(15-9-18)36-28(39)23(16-25(37)31-21-12-10-20(30)11-13-21)35(29(36)41)17-24-27(40-33-34(24)2)32-26(38)19-6-4-3-5-7-19/h3-15,23H,16-17H2,1-2H3,(H-,31,32,33,37,38). The number of rotatable bonds is 8. The van der Waals surface area contributed by atoms with Crippen LogP contribution in [-0.4, -0.2) is 39.0 Å². The molecule has 0 saturated carbocycles. The lowest BCUT2D eigenvalue weighted by Crippen LogP contribution is -2.42. The number of aryl methyl sites for hydroxylation is 2. The molecule has 5 rings (SSSR count). The van der Waals surface area contributed by atoms with Gasteiger partial charge in [-0.05, 0) is 71.7 Å². The molecule has 1 N–H and O–H groups in total. The molecule has 208 valence electrons. The van der Waals surface area contributed by atoms with Crippen molar-refractivity contribution in [3.05, 3.63) is 101 Å². The fourth-order valence-electron chi connectivity index (χ4n) is 4.36. The summed E-state index contributed by atoms with van der Waals surface area (Å²) in [7, 11) is 1.63. The number of thiocarbonyl (C=S) groups is 1. The quantitative estimate of drug-likeness (QED) is 0.145. The zero-order valence-corrected chi connectivity index (χ0v) is 23.7. The van der Waals surface area contributed by atoms with Crippen molar-refractivity contribution in [1.82, 2.24) is 10.2 Å². The molecule has 2 heterocycles. The minimum absolute atomic E-state index is 0.00668. The molecule has 1 aliphatic heterocycles. The molecule has 1 aliphatic rings. The molecule has 2 amide bonds. The first-order chi connectivity index (χ1) is 19.7. The molecule has 0 radical (unpaired) electrons. The summed E-state index contributed by atoms with van der Waals surface area (Å²) in [6.45, 7) is 1.95. The highest BCUT2D eigenvalue weighted by molar-refractivity contribution is 7.80. The highest BCUT2D eigenvalue weighted by atomic mass is 35.5. The van der Waals surface area contributed by atoms with E-state index in [-0.39, 0.29) is 35.8 Å². The number of amides is 2. The van der Waals surface area contributed by atoms with Crippen molar-refractivity contribution in [2.75, 3.05) is 10.2 Å². The normalized spacial score (nSPS) is 15.5. The number of aromatic nitrogens is 2. The van der Waals surface area contributed by atoms with Crippen molar-refractivity contribution in [2.45, 2.75) is 25.9 Å². The van der Waals surface area contributed by atoms with Crippen LogP contribution in [0.3, 0.4) is 0 Å². The van der Waals surface area contributed by atoms with E-state index in [0.717, 1.165) is 5.56 Å². The van der Waals surface area contributed by atoms with Crippen LogP contribution in [0.5, 0.6) is 0 Å². The Kier molecular flexibility index (Phi) is 8.09. The van der Waals surface area contributed by atoms with Gasteiger partial charge >= 0.3 is 5.88 Å². The Morgan fingerprint density at radius 3 is 2.49 bits per heavy atom. The molecule has 1 saturated heterocycles. The largest absolute Gasteiger partial charge is 0.858 e. The number of hydrogen-bond acceptors (Lipinski definition) is 7. The predicted molar refractivity (Wildman–Crippen MR) is 156 cm³/mol. The molecule has 4 aromatic rings. The topological polar surface area (TPSA) is 118 Å². The number of anilines is 2. The average molecular weight is 589 g/mol. The van der Waals surface area contributed by atoms with E-state index in [2.05, 4.69) is 15.6 Å². The SMILES string of the molecule is Cc1ccc(N2C(=O)C(CC(=O)Nc3ccc(Cl)cc3)N(Cc3c(/N=C(\[O-])c4ccccc4)on[n+]3C)C2=S)cc1. The van der Waals surface area contributed by atoms with Gasteiger partial charge in [-0.25, -0.2) is 4.99 Å². The van der Waals surface area contributed by atoms with E-state index in [0.29, 0.717) is 27.7 Å². The van der Waals surface area contributed by atoms with E-state index < -0.39 is 11.9 Å². The molecule has 41 heavy (non-hydrogen) atoms. The van der Waals surface area contributed by atoms with Gasteiger partial charge in [0, 0.05) is 10.7 Å². The minimum atomic E-state index is -0.941. The van der Waals surface area contributed by atoms with Crippen LogP contribution in [0.2, 0.25) is 5.02 Å². The van der Waals surface area contributed by atoms with E-state index in [1.54, 1.807) is 78.7 Å². The number of halogens is 1. The molecular weight excluding hydrogens is 564 g/mol. The van der Waals surface area contributed by atoms with Gasteiger partial charge in [0.1, 0.15) is 12.6 Å². The summed E-state index contributed by atoms with van der Waals surface area (Å²) in [6.07, 6.45) is -0.186. The van der Waals surface area contributed by atoms with E-state index in [4.69, 9.17) is 28.3 Å². The maximum Gasteiger partial charge on any atom is 0.325 e. The molecule has 0 aliphatic carbocycles. The van der Waals surface area contributed by atoms with Gasteiger partial charge in [0.25, 0.3) is 11.6 Å². The van der Waals surface area contributed by atoms with Crippen molar-refractivity contribution in [2.24, 2.45) is 12.0 Å². The Morgan fingerprint density at radius 1 is 1.12 bits per heavy atom. The first-order valence-corrected chi connectivity index (χ1v) is 13.4. The summed E-state index contributed by atoms with van der Waals surface area (Å²) < 4.78 is 6.78. The highest BCUT2D eigenvalue weighted by Crippen LogP contribution is 2.30. The first-order valence-electron chi connectivity index (χ1n) is 12.6. The van der Waals surface area contributed by atoms with Crippen molar-refractivity contribution in [3.8, 4) is 0 Å². The van der Waals surface area contributed by atoms with Crippen LogP contribution in [0.1, 0.15) is 23.2 Å². The van der Waals surface area contributed by atoms with Gasteiger partial charge < -0.3 is 15.3 Å². The van der Waals surface area contributed by atoms with Crippen molar-refractivity contribution >= 4 is 63.9 Å². The van der Waals surface area contributed by atoms with Gasteiger partial charge in [0.15, 0.2) is 12.2 Å². The molecule has 0 bridgehead atoms. The summed E-state index contributed by atoms with van der Waals surface area (Å²) in [5.41, 5.74) is 2.92. The van der Waals surface area contributed by atoms with Crippen LogP contribution >= 0.6 is 23.8 Å². The third-order valence-corrected chi connectivity index (χ3v) is 7.22. The molecule has 0 spiro atoms. The Hall–Kier alpha value is -4.61. The van der Waals surface area contributed by atoms with Crippen molar-refractivity contribution in [3.63, 3.8) is 0 Å². The second-order valence-corrected chi connectivity index (χ2v) is 10.2. The second kappa shape index (κ2) is 11.9. The lowest BCUT2D eigenvalue weighted by atomic mass is 10.1. The number of carbonyl (C=O) groups is 2. The van der Waals surface area contributed by atoms with Crippen LogP contribution in [0.4, 0.5) is 17.3 Å². The van der Waals surface area contributed by atoms with Crippen LogP contribution in [0.15, 0.2) is 88.4 Å². The molecular formula is C29H25ClN6O4S. The molecule has 12 heteroatoms. The minimum Gasteiger partial charge on any atom is -0.858 e. The fourth-order valence-corrected chi connectivity index (χ4v) is 4.87. The molecule has 10 nitrogen and oxygen atoms in total. The second-order valence-electron chi connectivity index (χ2n) is 9.43. The van der Waals surface area contributed by atoms with Gasteiger partial charge in [0.05, 0.1) is 12.1 Å². The smallest absolute Gasteiger partial charge is 0.325 e. The monoisotopic (exact) mass is 588 g/mol. The lowest BCUT2D eigenvalue weighted by Gasteiger charge is -2.22. The van der Waals surface area contributed by atoms with Crippen molar-refractivity contribution < 1.29 is 23.9 Å². The van der Waals surface area contributed by atoms with Gasteiger partial charge in [-0.2, -0.15) is 0 Å². The number of benzene rings is 3. The lowest BCUT2D eigenvalue weighted by molar-refractivity contribution is -0.746. The summed E-state index contributed by atoms with van der Waals surface area (Å²) in [5.74, 6) is -1.27. The Bertz CT molecular complexity index is 1620. The Balaban J connectivity index is 1.46. The Morgan fingerprint density at radius 2 is 1.80 bits per heavy atom. The van der Waals surface area contributed by atoms with Gasteiger partial charge in [-0.1, -0.05) is 59.6 Å². The Labute approximate surface area is 246 Å². The highest BCUT2D eigenvalue weighted by Gasteiger charge is 2.46. The average Bonchev–Trinajstić information content (AvgIpc) is 3.42. The number of nitrogens with zero attached hydrogens (tertiary/aromatic N) is 5. The van der Waals surface area contributed by atoms with E-state index in [1.165, 1.54) is 9.58 Å². The maximum atomic E-state index is 13.8. The predicted octanol–water partition coefficient (Wildman–Crippen LogP) is 3.43. The molecule has 1 fully saturated rings. The third-order valence-electron chi connectivity index (χ3n) is 6.55. The summed E-state index contributed by atoms with van der Waals surface area (Å²) in [6, 6.07) is 21.6. The van der Waals surface area contributed by atoms with Gasteiger partial charge in [-0.3, -0.25) is 19.0 Å². The van der Waals surface area contributed by atoms with E-state index in [9.17, 15) is 14.7 Å². The third kappa shape index (κ3) is 6.11. The van der Waals surface area contributed by atoms with Crippen LogP contribution in [-0.2, 0) is 23.2 Å². The zero-order valence-electron chi connectivity index (χ0n) is 22.2. The van der Waals surface area contributed by atoms with Gasteiger partial charge in [-0.15, -0.1) is 0 Å².